The van der Waals surface area contributed by atoms with Gasteiger partial charge in [-0.1, -0.05) is 67.1 Å². The zero-order valence-electron chi connectivity index (χ0n) is 49.4. The molecule has 0 saturated carbocycles. The molecule has 1 unspecified atom stereocenters. The molecule has 2 aromatic heterocycles. The Bertz CT molecular complexity index is 3790. The number of nitrogens with one attached hydrogen (secondary N) is 4. The zero-order valence-corrected chi connectivity index (χ0v) is 50.9. The van der Waals surface area contributed by atoms with Crippen LogP contribution in [0.5, 0.6) is 11.5 Å². The first-order chi connectivity index (χ1) is 42.4. The van der Waals surface area contributed by atoms with Gasteiger partial charge in [-0.15, -0.1) is 5.23 Å². The van der Waals surface area contributed by atoms with Crippen LogP contribution in [0.3, 0.4) is 0 Å². The fourth-order valence-electron chi connectivity index (χ4n) is 12.3. The molecule has 4 aliphatic heterocycles. The quantitative estimate of drug-likeness (QED) is 0.0171. The highest BCUT2D eigenvalue weighted by Gasteiger charge is 2.40. The predicted molar refractivity (Wildman–Crippen MR) is 333 cm³/mol. The molecule has 1 aliphatic carbocycles. The van der Waals surface area contributed by atoms with Crippen LogP contribution in [0.2, 0.25) is 5.02 Å². The number of aromatic nitrogens is 2. The second-order valence-electron chi connectivity index (χ2n) is 23.8. The maximum Gasteiger partial charge on any atom is 0.268 e. The van der Waals surface area contributed by atoms with Crippen molar-refractivity contribution in [3.63, 3.8) is 0 Å². The summed E-state index contributed by atoms with van der Waals surface area (Å²) < 4.78 is 48.1. The molecule has 6 aromatic rings. The highest BCUT2D eigenvalue weighted by Crippen LogP contribution is 2.44. The number of hydrogen-bond acceptors (Lipinski definition) is 17. The number of carbonyl (C=O) groups is 4. The number of nitrogens with zero attached hydrogens (tertiary/aromatic N) is 6. The first kappa shape index (κ1) is 61.8. The Morgan fingerprint density at radius 3 is 2.47 bits per heavy atom. The van der Waals surface area contributed by atoms with Crippen LogP contribution in [0, 0.1) is 23.2 Å². The number of H-pyrrole nitrogens is 1. The number of allylic oxidation sites excluding steroid dienone is 1. The van der Waals surface area contributed by atoms with Gasteiger partial charge in [0.15, 0.2) is 0 Å². The summed E-state index contributed by atoms with van der Waals surface area (Å²) in [5.74, 6) is 4.73. The molecule has 462 valence electrons. The minimum atomic E-state index is -4.58. The topological polar surface area (TPSA) is 252 Å². The zero-order chi connectivity index (χ0) is 61.5. The number of ether oxygens (including phenoxy) is 3. The molecule has 0 bridgehead atoms. The van der Waals surface area contributed by atoms with Crippen LogP contribution in [-0.4, -0.2) is 159 Å². The molecule has 3 fully saturated rings. The van der Waals surface area contributed by atoms with Crippen LogP contribution in [0.1, 0.15) is 96.2 Å². The predicted octanol–water partition coefficient (Wildman–Crippen LogP) is 8.47. The number of fused-ring (bicyclic) bond motifs is 2. The van der Waals surface area contributed by atoms with E-state index in [1.54, 1.807) is 36.5 Å². The number of piperazine rings is 1. The Hall–Kier alpha value is -7.85. The van der Waals surface area contributed by atoms with Gasteiger partial charge < -0.3 is 39.2 Å². The molecule has 23 heteroatoms. The fourth-order valence-corrected chi connectivity index (χ4v) is 13.4. The number of sulfonamides is 1. The number of piperidine rings is 2. The maximum atomic E-state index is 14.2. The van der Waals surface area contributed by atoms with E-state index in [-0.39, 0.29) is 75.5 Å². The number of pyridine rings is 1. The number of amides is 4. The van der Waals surface area contributed by atoms with Gasteiger partial charge in [0.05, 0.1) is 47.7 Å². The van der Waals surface area contributed by atoms with Gasteiger partial charge in [0.2, 0.25) is 11.8 Å². The third-order valence-electron chi connectivity index (χ3n) is 17.2. The normalized spacial score (nSPS) is 18.5. The molecule has 3 saturated heterocycles. The van der Waals surface area contributed by atoms with Gasteiger partial charge >= 0.3 is 0 Å². The van der Waals surface area contributed by atoms with Crippen molar-refractivity contribution in [1.29, 1.82) is 0 Å². The van der Waals surface area contributed by atoms with Gasteiger partial charge in [-0.3, -0.25) is 39.8 Å². The number of rotatable bonds is 21. The van der Waals surface area contributed by atoms with Crippen molar-refractivity contribution in [3.05, 3.63) is 142 Å². The summed E-state index contributed by atoms with van der Waals surface area (Å²) in [6.45, 7) is 13.1. The molecule has 0 radical (unpaired) electrons. The van der Waals surface area contributed by atoms with Gasteiger partial charge in [0, 0.05) is 92.7 Å². The molecular formula is C65H73ClN10O11S. The van der Waals surface area contributed by atoms with E-state index < -0.39 is 27.9 Å². The smallest absolute Gasteiger partial charge is 0.268 e. The van der Waals surface area contributed by atoms with Gasteiger partial charge in [0.25, 0.3) is 21.8 Å². The van der Waals surface area contributed by atoms with Crippen molar-refractivity contribution in [2.45, 2.75) is 76.3 Å². The molecule has 6 heterocycles. The van der Waals surface area contributed by atoms with Gasteiger partial charge in [-0.05, 0) is 140 Å². The third kappa shape index (κ3) is 14.8. The van der Waals surface area contributed by atoms with Crippen molar-refractivity contribution in [1.82, 2.24) is 34.7 Å². The molecule has 4 aromatic carbocycles. The molecule has 21 nitrogen and oxygen atoms in total. The van der Waals surface area contributed by atoms with E-state index in [4.69, 9.17) is 25.8 Å². The van der Waals surface area contributed by atoms with E-state index in [2.05, 4.69) is 77.8 Å². The summed E-state index contributed by atoms with van der Waals surface area (Å²) in [6, 6.07) is 25.5. The fraction of sp³-hybridized carbons (Fsp3) is 0.400. The van der Waals surface area contributed by atoms with E-state index in [1.165, 1.54) is 39.9 Å². The summed E-state index contributed by atoms with van der Waals surface area (Å²) in [7, 11) is -4.58. The highest BCUT2D eigenvalue weighted by molar-refractivity contribution is 7.90. The number of imide groups is 1. The van der Waals surface area contributed by atoms with Crippen LogP contribution >= 0.6 is 11.6 Å². The maximum absolute atomic E-state index is 14.2. The first-order valence-corrected chi connectivity index (χ1v) is 31.7. The lowest BCUT2D eigenvalue weighted by Crippen LogP contribution is -2.52. The highest BCUT2D eigenvalue weighted by atomic mass is 35.5. The minimum Gasteiger partial charge on any atom is -0.455 e. The number of likely N-dealkylation sites (tertiary alicyclic amines) is 1. The van der Waals surface area contributed by atoms with Crippen LogP contribution in [0.25, 0.3) is 16.6 Å². The van der Waals surface area contributed by atoms with Gasteiger partial charge in [-0.25, -0.2) is 18.1 Å². The van der Waals surface area contributed by atoms with Crippen molar-refractivity contribution in [2.24, 2.45) is 11.3 Å². The summed E-state index contributed by atoms with van der Waals surface area (Å²) in [6.07, 6.45) is 8.65. The second kappa shape index (κ2) is 27.3. The molecule has 88 heavy (non-hydrogen) atoms. The van der Waals surface area contributed by atoms with Crippen molar-refractivity contribution in [3.8, 4) is 23.3 Å². The van der Waals surface area contributed by atoms with E-state index in [9.17, 15) is 38.0 Å². The van der Waals surface area contributed by atoms with E-state index in [0.29, 0.717) is 68.4 Å². The lowest BCUT2D eigenvalue weighted by molar-refractivity contribution is -0.136. The summed E-state index contributed by atoms with van der Waals surface area (Å²) in [5, 5.41) is 27.6. The standard InChI is InChI=1S/C65H73ClN10O11S/c1-65(2)22-18-47(54(38-65)44-8-10-49(66)11-9-44)41-73-26-28-74(29-27-73)50-12-14-53(58(36-50)87-51-35-46-19-23-67-61(46)69-40-51)62(78)71-88(83,84)52-13-15-55(57(37-52)76(81)82)68-39-43-20-24-72(25-21-43)30-32-86-34-33-85-31-4-7-45-5-3-6-48-42-75(64(80)60(45)48)56-16-17-59(77)70-63(56)79/h3,5-6,8-15,19,23,35-37,40,43,56,68,81-82H,16-18,20-22,24-34,38-39,41-42H2,1-2H3,(H,67,69)(H,71,78)(H,70,77,79). The summed E-state index contributed by atoms with van der Waals surface area (Å²) >= 11 is 6.27. The summed E-state index contributed by atoms with van der Waals surface area (Å²) in [4.78, 5) is 67.3. The molecule has 0 spiro atoms. The van der Waals surface area contributed by atoms with Crippen LogP contribution < -0.4 is 30.2 Å². The van der Waals surface area contributed by atoms with E-state index >= 15 is 0 Å². The SMILES string of the molecule is CC1(C)CCC(CN2CCN(c3ccc(C(=O)NS(=O)(=O)c4ccc(NCC5CCN(CCOCCOCC#Cc6cccc7c6C(=O)N(C6CCC(=O)NC6=O)C7)CC5)c(N(O)O)c4)c(Oc4cnc5[nH]ccc5c4)c3)CC2)=C(c2ccc(Cl)cc2)C1. The van der Waals surface area contributed by atoms with Crippen LogP contribution in [0.4, 0.5) is 17.1 Å². The molecule has 11 rings (SSSR count). The Labute approximate surface area is 516 Å². The molecule has 6 N–H and O–H groups in total. The second-order valence-corrected chi connectivity index (χ2v) is 26.0. The monoisotopic (exact) mass is 1240 g/mol. The van der Waals surface area contributed by atoms with E-state index in [1.807, 2.05) is 30.3 Å². The van der Waals surface area contributed by atoms with Gasteiger partial charge in [-0.2, -0.15) is 0 Å². The average Bonchev–Trinajstić information content (AvgIpc) is 1.70. The van der Waals surface area contributed by atoms with Crippen molar-refractivity contribution >= 4 is 78.9 Å². The van der Waals surface area contributed by atoms with Crippen LogP contribution in [-0.2, 0) is 35.6 Å². The Morgan fingerprint density at radius 2 is 1.68 bits per heavy atom. The lowest BCUT2D eigenvalue weighted by atomic mass is 9.72. The molecule has 1 atom stereocenters. The number of anilines is 3. The summed E-state index contributed by atoms with van der Waals surface area (Å²) in [5.41, 5.74) is 7.61. The first-order valence-electron chi connectivity index (χ1n) is 29.9. The van der Waals surface area contributed by atoms with Crippen molar-refractivity contribution < 1.29 is 52.2 Å². The Morgan fingerprint density at radius 1 is 0.886 bits per heavy atom. The van der Waals surface area contributed by atoms with Crippen LogP contribution in [0.15, 0.2) is 114 Å². The van der Waals surface area contributed by atoms with Gasteiger partial charge in [0.1, 0.15) is 35.5 Å². The minimum absolute atomic E-state index is 0.0353. The third-order valence-corrected chi connectivity index (χ3v) is 18.8. The Kier molecular flexibility index (Phi) is 19.1. The van der Waals surface area contributed by atoms with Crippen molar-refractivity contribution in [2.75, 3.05) is 101 Å². The average molecular weight is 1240 g/mol. The number of carbonyl (C=O) groups excluding carboxylic acids is 4. The largest absolute Gasteiger partial charge is 0.455 e. The molecule has 4 amide bonds. The molecule has 5 aliphatic rings. The number of hydrogen-bond donors (Lipinski definition) is 6. The molecular weight excluding hydrogens is 1160 g/mol. The van der Waals surface area contributed by atoms with E-state index in [0.717, 1.165) is 99.1 Å². The number of benzene rings is 4. The lowest BCUT2D eigenvalue weighted by Gasteiger charge is -2.39. The number of halogens is 1. The number of aromatic amines is 1. The Balaban J connectivity index is 0.646.